The van der Waals surface area contributed by atoms with Gasteiger partial charge in [0.25, 0.3) is 0 Å². The molecule has 0 bridgehead atoms. The summed E-state index contributed by atoms with van der Waals surface area (Å²) in [5, 5.41) is 23.0. The second kappa shape index (κ2) is 7.13. The van der Waals surface area contributed by atoms with Crippen LogP contribution in [0.1, 0.15) is 11.1 Å². The van der Waals surface area contributed by atoms with Crippen molar-refractivity contribution in [3.8, 4) is 34.4 Å². The number of aromatic nitrogens is 2. The Labute approximate surface area is 173 Å². The molecule has 0 radical (unpaired) electrons. The van der Waals surface area contributed by atoms with Crippen LogP contribution in [0.5, 0.6) is 0 Å². The van der Waals surface area contributed by atoms with Crippen LogP contribution in [0.15, 0.2) is 85.5 Å². The lowest BCUT2D eigenvalue weighted by atomic mass is 9.86. The fraction of sp³-hybridized carbons (Fsp3) is 0. The van der Waals surface area contributed by atoms with E-state index in [-0.39, 0.29) is 0 Å². The third kappa shape index (κ3) is 2.76. The molecule has 4 nitrogen and oxygen atoms in total. The maximum Gasteiger partial charge on any atom is 0.101 e. The SMILES string of the molecule is N#Cc1cncc(-c2c3ccccc3c(-c3cncc(C#N)c3)c3ccccc23)c1. The van der Waals surface area contributed by atoms with E-state index in [2.05, 4.69) is 46.4 Å². The summed E-state index contributed by atoms with van der Waals surface area (Å²) in [6, 6.07) is 24.5. The summed E-state index contributed by atoms with van der Waals surface area (Å²) < 4.78 is 0. The van der Waals surface area contributed by atoms with Crippen LogP contribution in [0, 0.1) is 22.7 Å². The van der Waals surface area contributed by atoms with Crippen molar-refractivity contribution in [3.05, 3.63) is 96.6 Å². The van der Waals surface area contributed by atoms with E-state index in [9.17, 15) is 10.5 Å². The Morgan fingerprint density at radius 1 is 0.533 bits per heavy atom. The first kappa shape index (κ1) is 17.6. The van der Waals surface area contributed by atoms with Crippen molar-refractivity contribution in [3.63, 3.8) is 0 Å². The lowest BCUT2D eigenvalue weighted by molar-refractivity contribution is 1.30. The molecule has 0 fully saturated rings. The molecule has 0 aliphatic rings. The maximum atomic E-state index is 9.35. The summed E-state index contributed by atoms with van der Waals surface area (Å²) in [7, 11) is 0. The number of pyridine rings is 2. The molecule has 0 saturated heterocycles. The summed E-state index contributed by atoms with van der Waals surface area (Å²) in [5.41, 5.74) is 4.93. The second-order valence-electron chi connectivity index (χ2n) is 6.99. The minimum absolute atomic E-state index is 0.524. The van der Waals surface area contributed by atoms with Crippen LogP contribution in [0.3, 0.4) is 0 Å². The second-order valence-corrected chi connectivity index (χ2v) is 6.99. The van der Waals surface area contributed by atoms with Crippen molar-refractivity contribution in [2.75, 3.05) is 0 Å². The first-order valence-electron chi connectivity index (χ1n) is 9.44. The molecule has 5 rings (SSSR count). The van der Waals surface area contributed by atoms with Crippen LogP contribution in [-0.2, 0) is 0 Å². The molecule has 0 atom stereocenters. The lowest BCUT2D eigenvalue weighted by Gasteiger charge is -2.17. The van der Waals surface area contributed by atoms with E-state index in [1.54, 1.807) is 24.8 Å². The molecular formula is C26H14N4. The smallest absolute Gasteiger partial charge is 0.101 e. The molecule has 5 aromatic rings. The van der Waals surface area contributed by atoms with Gasteiger partial charge in [0.15, 0.2) is 0 Å². The van der Waals surface area contributed by atoms with Gasteiger partial charge in [0, 0.05) is 35.9 Å². The summed E-state index contributed by atoms with van der Waals surface area (Å²) in [6.45, 7) is 0. The first-order chi connectivity index (χ1) is 14.8. The van der Waals surface area contributed by atoms with Gasteiger partial charge in [-0.2, -0.15) is 10.5 Å². The maximum absolute atomic E-state index is 9.35. The molecule has 0 saturated carbocycles. The zero-order valence-electron chi connectivity index (χ0n) is 15.9. The molecule has 2 heterocycles. The summed E-state index contributed by atoms with van der Waals surface area (Å²) >= 11 is 0. The molecule has 2 aromatic heterocycles. The van der Waals surface area contributed by atoms with Gasteiger partial charge in [-0.3, -0.25) is 9.97 Å². The fourth-order valence-corrected chi connectivity index (χ4v) is 4.03. The highest BCUT2D eigenvalue weighted by Crippen LogP contribution is 2.43. The minimum atomic E-state index is 0.524. The molecule has 0 aliphatic carbocycles. The fourth-order valence-electron chi connectivity index (χ4n) is 4.03. The van der Waals surface area contributed by atoms with Gasteiger partial charge in [-0.15, -0.1) is 0 Å². The standard InChI is InChI=1S/C26H14N4/c27-11-17-9-19(15-29-13-17)25-21-5-1-2-6-22(21)26(24-8-4-3-7-23(24)25)20-10-18(12-28)14-30-16-20/h1-10,13-16H. The van der Waals surface area contributed by atoms with Gasteiger partial charge in [-0.25, -0.2) is 0 Å². The van der Waals surface area contributed by atoms with E-state index in [4.69, 9.17) is 0 Å². The zero-order chi connectivity index (χ0) is 20.5. The first-order valence-corrected chi connectivity index (χ1v) is 9.44. The highest BCUT2D eigenvalue weighted by Gasteiger charge is 2.17. The summed E-state index contributed by atoms with van der Waals surface area (Å²) in [6.07, 6.45) is 6.74. The molecule has 0 N–H and O–H groups in total. The molecule has 30 heavy (non-hydrogen) atoms. The van der Waals surface area contributed by atoms with Gasteiger partial charge < -0.3 is 0 Å². The zero-order valence-corrected chi connectivity index (χ0v) is 15.9. The minimum Gasteiger partial charge on any atom is -0.263 e. The molecule has 0 spiro atoms. The molecule has 0 aliphatic heterocycles. The lowest BCUT2D eigenvalue weighted by Crippen LogP contribution is -1.92. The van der Waals surface area contributed by atoms with Gasteiger partial charge in [0.2, 0.25) is 0 Å². The van der Waals surface area contributed by atoms with E-state index in [1.165, 1.54) is 0 Å². The normalized spacial score (nSPS) is 10.6. The third-order valence-corrected chi connectivity index (χ3v) is 5.24. The Hall–Kier alpha value is -4.54. The van der Waals surface area contributed by atoms with Crippen LogP contribution >= 0.6 is 0 Å². The predicted octanol–water partition coefficient (Wildman–Crippen LogP) is 5.86. The van der Waals surface area contributed by atoms with Gasteiger partial charge in [-0.05, 0) is 44.8 Å². The molecule has 0 amide bonds. The van der Waals surface area contributed by atoms with Gasteiger partial charge in [0.1, 0.15) is 12.1 Å². The number of benzene rings is 3. The van der Waals surface area contributed by atoms with E-state index < -0.39 is 0 Å². The molecule has 3 aromatic carbocycles. The molecule has 138 valence electrons. The summed E-state index contributed by atoms with van der Waals surface area (Å²) in [5.74, 6) is 0. The highest BCUT2D eigenvalue weighted by atomic mass is 14.6. The third-order valence-electron chi connectivity index (χ3n) is 5.24. The number of hydrogen-bond acceptors (Lipinski definition) is 4. The Balaban J connectivity index is 1.97. The highest BCUT2D eigenvalue weighted by molar-refractivity contribution is 6.21. The average molecular weight is 382 g/mol. The Kier molecular flexibility index (Phi) is 4.17. The van der Waals surface area contributed by atoms with E-state index in [0.29, 0.717) is 11.1 Å². The summed E-state index contributed by atoms with van der Waals surface area (Å²) in [4.78, 5) is 8.56. The van der Waals surface area contributed by atoms with Crippen LogP contribution in [-0.4, -0.2) is 9.97 Å². The molecular weight excluding hydrogens is 368 g/mol. The largest absolute Gasteiger partial charge is 0.263 e. The Bertz CT molecular complexity index is 1350. The van der Waals surface area contributed by atoms with Crippen LogP contribution in [0.25, 0.3) is 43.8 Å². The van der Waals surface area contributed by atoms with Crippen LogP contribution < -0.4 is 0 Å². The Morgan fingerprint density at radius 3 is 1.23 bits per heavy atom. The Morgan fingerprint density at radius 2 is 0.900 bits per heavy atom. The van der Waals surface area contributed by atoms with Crippen molar-refractivity contribution >= 4 is 21.5 Å². The van der Waals surface area contributed by atoms with Crippen molar-refractivity contribution < 1.29 is 0 Å². The number of hydrogen-bond donors (Lipinski definition) is 0. The quantitative estimate of drug-likeness (QED) is 0.358. The topological polar surface area (TPSA) is 73.4 Å². The number of nitrogens with zero attached hydrogens (tertiary/aromatic N) is 4. The van der Waals surface area contributed by atoms with Crippen LogP contribution in [0.4, 0.5) is 0 Å². The predicted molar refractivity (Wildman–Crippen MR) is 117 cm³/mol. The van der Waals surface area contributed by atoms with Gasteiger partial charge in [0.05, 0.1) is 11.1 Å². The number of rotatable bonds is 2. The molecule has 4 heteroatoms. The van der Waals surface area contributed by atoms with Gasteiger partial charge >= 0.3 is 0 Å². The molecule has 0 unspecified atom stereocenters. The number of fused-ring (bicyclic) bond motifs is 2. The van der Waals surface area contributed by atoms with Gasteiger partial charge in [-0.1, -0.05) is 48.5 Å². The van der Waals surface area contributed by atoms with Crippen LogP contribution in [0.2, 0.25) is 0 Å². The number of nitriles is 2. The van der Waals surface area contributed by atoms with Crippen molar-refractivity contribution in [2.24, 2.45) is 0 Å². The van der Waals surface area contributed by atoms with E-state index >= 15 is 0 Å². The van der Waals surface area contributed by atoms with E-state index in [0.717, 1.165) is 43.8 Å². The van der Waals surface area contributed by atoms with Crippen molar-refractivity contribution in [2.45, 2.75) is 0 Å². The van der Waals surface area contributed by atoms with E-state index in [1.807, 2.05) is 36.4 Å². The monoisotopic (exact) mass is 382 g/mol. The van der Waals surface area contributed by atoms with Crippen molar-refractivity contribution in [1.29, 1.82) is 10.5 Å². The van der Waals surface area contributed by atoms with Crippen molar-refractivity contribution in [1.82, 2.24) is 9.97 Å². The average Bonchev–Trinajstić information content (AvgIpc) is 2.82.